The van der Waals surface area contributed by atoms with Gasteiger partial charge in [-0.15, -0.1) is 5.54 Å². The fraction of sp³-hybridized carbons (Fsp3) is 0.474. The fourth-order valence-electron chi connectivity index (χ4n) is 1.64. The molecule has 0 aliphatic carbocycles. The van der Waals surface area contributed by atoms with Crippen molar-refractivity contribution in [2.75, 3.05) is 20.6 Å². The van der Waals surface area contributed by atoms with Gasteiger partial charge in [0.2, 0.25) is 0 Å². The number of benzene rings is 1. The quantitative estimate of drug-likeness (QED) is 0.578. The SMILES string of the molecule is CN(C)C/C(C#C[Si](C)(C)C(C)(C)C)=C/c1ccccc1. The summed E-state index contributed by atoms with van der Waals surface area (Å²) in [7, 11) is 2.62. The van der Waals surface area contributed by atoms with Gasteiger partial charge in [0.15, 0.2) is 0 Å². The Kier molecular flexibility index (Phi) is 6.01. The van der Waals surface area contributed by atoms with Crippen LogP contribution in [0.4, 0.5) is 0 Å². The predicted molar refractivity (Wildman–Crippen MR) is 97.9 cm³/mol. The minimum absolute atomic E-state index is 0.302. The third kappa shape index (κ3) is 5.91. The highest BCUT2D eigenvalue weighted by Gasteiger charge is 2.33. The van der Waals surface area contributed by atoms with Gasteiger partial charge < -0.3 is 4.90 Å². The second kappa shape index (κ2) is 7.11. The van der Waals surface area contributed by atoms with E-state index in [2.05, 4.69) is 94.7 Å². The zero-order valence-corrected chi connectivity index (χ0v) is 15.6. The van der Waals surface area contributed by atoms with E-state index in [1.807, 2.05) is 6.07 Å². The van der Waals surface area contributed by atoms with Crippen molar-refractivity contribution in [3.63, 3.8) is 0 Å². The van der Waals surface area contributed by atoms with Gasteiger partial charge in [-0.25, -0.2) is 0 Å². The molecule has 0 aliphatic rings. The number of nitrogens with zero attached hydrogens (tertiary/aromatic N) is 1. The van der Waals surface area contributed by atoms with E-state index in [0.29, 0.717) is 5.04 Å². The normalized spacial score (nSPS) is 13.0. The van der Waals surface area contributed by atoms with Gasteiger partial charge in [0.05, 0.1) is 0 Å². The molecule has 0 bridgehead atoms. The molecule has 21 heavy (non-hydrogen) atoms. The molecular weight excluding hydrogens is 270 g/mol. The van der Waals surface area contributed by atoms with Crippen LogP contribution < -0.4 is 0 Å². The van der Waals surface area contributed by atoms with Crippen molar-refractivity contribution < 1.29 is 0 Å². The second-order valence-corrected chi connectivity index (χ2v) is 12.4. The lowest BCUT2D eigenvalue weighted by atomic mass is 10.1. The molecule has 0 fully saturated rings. The summed E-state index contributed by atoms with van der Waals surface area (Å²) in [6.45, 7) is 12.5. The maximum Gasteiger partial charge on any atom is 0.138 e. The average Bonchev–Trinajstić information content (AvgIpc) is 2.35. The summed E-state index contributed by atoms with van der Waals surface area (Å²) in [5.74, 6) is 3.48. The molecule has 0 atom stereocenters. The molecule has 0 unspecified atom stereocenters. The molecule has 0 spiro atoms. The fourth-order valence-corrected chi connectivity index (χ4v) is 2.48. The molecule has 0 saturated carbocycles. The number of hydrogen-bond donors (Lipinski definition) is 0. The Morgan fingerprint density at radius 3 is 2.19 bits per heavy atom. The van der Waals surface area contributed by atoms with Gasteiger partial charge in [-0.1, -0.05) is 70.1 Å². The van der Waals surface area contributed by atoms with Crippen molar-refractivity contribution in [3.05, 3.63) is 41.5 Å². The lowest BCUT2D eigenvalue weighted by Crippen LogP contribution is -2.35. The van der Waals surface area contributed by atoms with Crippen LogP contribution in [-0.2, 0) is 0 Å². The maximum absolute atomic E-state index is 3.62. The summed E-state index contributed by atoms with van der Waals surface area (Å²) in [4.78, 5) is 2.18. The Morgan fingerprint density at radius 1 is 1.14 bits per heavy atom. The van der Waals surface area contributed by atoms with E-state index in [-0.39, 0.29) is 0 Å². The van der Waals surface area contributed by atoms with Crippen LogP contribution in [0.5, 0.6) is 0 Å². The highest BCUT2D eigenvalue weighted by atomic mass is 28.3. The van der Waals surface area contributed by atoms with Crippen LogP contribution in [0.1, 0.15) is 26.3 Å². The summed E-state index contributed by atoms with van der Waals surface area (Å²) in [6.07, 6.45) is 2.21. The number of rotatable bonds is 3. The van der Waals surface area contributed by atoms with Crippen molar-refractivity contribution in [1.82, 2.24) is 4.90 Å². The lowest BCUT2D eigenvalue weighted by Gasteiger charge is -2.31. The first-order chi connectivity index (χ1) is 9.62. The minimum Gasteiger partial charge on any atom is -0.304 e. The lowest BCUT2D eigenvalue weighted by molar-refractivity contribution is 0.451. The van der Waals surface area contributed by atoms with E-state index in [1.54, 1.807) is 0 Å². The van der Waals surface area contributed by atoms with Gasteiger partial charge in [-0.3, -0.25) is 0 Å². The molecule has 0 saturated heterocycles. The molecular formula is C19H29NSi. The van der Waals surface area contributed by atoms with Crippen LogP contribution in [0.15, 0.2) is 35.9 Å². The summed E-state index contributed by atoms with van der Waals surface area (Å²) in [6, 6.07) is 10.4. The Morgan fingerprint density at radius 2 is 1.71 bits per heavy atom. The van der Waals surface area contributed by atoms with Gasteiger partial charge in [-0.2, -0.15) is 0 Å². The van der Waals surface area contributed by atoms with Crippen LogP contribution in [-0.4, -0.2) is 33.6 Å². The molecule has 0 heterocycles. The average molecular weight is 300 g/mol. The molecule has 2 heteroatoms. The summed E-state index contributed by atoms with van der Waals surface area (Å²) in [5, 5.41) is 0.302. The molecule has 0 aromatic heterocycles. The first kappa shape index (κ1) is 17.7. The Balaban J connectivity index is 3.10. The standard InChI is InChI=1S/C19H29NSi/c1-19(2,3)21(6,7)14-13-18(16-20(4)5)15-17-11-9-8-10-12-17/h8-12,15H,16H2,1-7H3/b18-15+. The summed E-state index contributed by atoms with van der Waals surface area (Å²) >= 11 is 0. The van der Waals surface area contributed by atoms with Crippen LogP contribution >= 0.6 is 0 Å². The van der Waals surface area contributed by atoms with Crippen molar-refractivity contribution in [1.29, 1.82) is 0 Å². The van der Waals surface area contributed by atoms with Crippen molar-refractivity contribution in [2.24, 2.45) is 0 Å². The van der Waals surface area contributed by atoms with Crippen LogP contribution in [0.2, 0.25) is 18.1 Å². The zero-order chi connectivity index (χ0) is 16.1. The van der Waals surface area contributed by atoms with Crippen LogP contribution in [0.3, 0.4) is 0 Å². The summed E-state index contributed by atoms with van der Waals surface area (Å²) in [5.41, 5.74) is 6.03. The predicted octanol–water partition coefficient (Wildman–Crippen LogP) is 4.68. The molecule has 114 valence electrons. The molecule has 0 N–H and O–H groups in total. The number of likely N-dealkylation sites (N-methyl/N-ethyl adjacent to an activating group) is 1. The van der Waals surface area contributed by atoms with Gasteiger partial charge in [0.1, 0.15) is 8.07 Å². The Bertz CT molecular complexity index is 536. The van der Waals surface area contributed by atoms with E-state index in [1.165, 1.54) is 11.1 Å². The molecule has 0 amide bonds. The second-order valence-electron chi connectivity index (χ2n) is 7.44. The molecule has 1 rings (SSSR count). The molecule has 1 aromatic carbocycles. The number of hydrogen-bond acceptors (Lipinski definition) is 1. The largest absolute Gasteiger partial charge is 0.304 e. The third-order valence-electron chi connectivity index (χ3n) is 4.04. The molecule has 0 radical (unpaired) electrons. The van der Waals surface area contributed by atoms with Crippen LogP contribution in [0.25, 0.3) is 6.08 Å². The van der Waals surface area contributed by atoms with E-state index in [0.717, 1.165) is 6.54 Å². The van der Waals surface area contributed by atoms with Crippen molar-refractivity contribution in [3.8, 4) is 11.5 Å². The maximum atomic E-state index is 3.62. The topological polar surface area (TPSA) is 3.24 Å². The van der Waals surface area contributed by atoms with Gasteiger partial charge in [-0.05, 0) is 30.8 Å². The van der Waals surface area contributed by atoms with E-state index < -0.39 is 8.07 Å². The van der Waals surface area contributed by atoms with Gasteiger partial charge in [0, 0.05) is 12.1 Å². The Labute approximate surface area is 132 Å². The first-order valence-electron chi connectivity index (χ1n) is 7.55. The van der Waals surface area contributed by atoms with E-state index in [4.69, 9.17) is 0 Å². The first-order valence-corrected chi connectivity index (χ1v) is 10.6. The van der Waals surface area contributed by atoms with Gasteiger partial charge in [0.25, 0.3) is 0 Å². The highest BCUT2D eigenvalue weighted by Crippen LogP contribution is 2.35. The third-order valence-corrected chi connectivity index (χ3v) is 8.54. The van der Waals surface area contributed by atoms with E-state index >= 15 is 0 Å². The smallest absolute Gasteiger partial charge is 0.138 e. The minimum atomic E-state index is -1.56. The zero-order valence-electron chi connectivity index (χ0n) is 14.6. The molecule has 1 nitrogen and oxygen atoms in total. The van der Waals surface area contributed by atoms with E-state index in [9.17, 15) is 0 Å². The van der Waals surface area contributed by atoms with Gasteiger partial charge >= 0.3 is 0 Å². The molecule has 1 aromatic rings. The highest BCUT2D eigenvalue weighted by molar-refractivity contribution is 6.87. The van der Waals surface area contributed by atoms with Crippen molar-refractivity contribution in [2.45, 2.75) is 38.9 Å². The summed E-state index contributed by atoms with van der Waals surface area (Å²) < 4.78 is 0. The Hall–Kier alpha value is -1.30. The molecule has 0 aliphatic heterocycles. The van der Waals surface area contributed by atoms with Crippen molar-refractivity contribution >= 4 is 14.1 Å². The van der Waals surface area contributed by atoms with Crippen LogP contribution in [0, 0.1) is 11.5 Å². The monoisotopic (exact) mass is 299 g/mol.